The van der Waals surface area contributed by atoms with Crippen molar-refractivity contribution in [2.75, 3.05) is 6.54 Å². The van der Waals surface area contributed by atoms with Crippen molar-refractivity contribution in [2.24, 2.45) is 5.73 Å². The molecule has 8 nitrogen and oxygen atoms in total. The van der Waals surface area contributed by atoms with E-state index in [0.29, 0.717) is 25.1 Å². The molecular weight excluding hydrogens is 312 g/mol. The largest absolute Gasteiger partial charge is 0.481 e. The quantitative estimate of drug-likeness (QED) is 0.621. The van der Waals surface area contributed by atoms with Gasteiger partial charge in [0.25, 0.3) is 11.8 Å². The molecule has 0 aliphatic rings. The lowest BCUT2D eigenvalue weighted by Crippen LogP contribution is -2.25. The van der Waals surface area contributed by atoms with Gasteiger partial charge in [0.1, 0.15) is 5.69 Å². The van der Waals surface area contributed by atoms with Crippen LogP contribution in [0.15, 0.2) is 36.4 Å². The first-order valence-electron chi connectivity index (χ1n) is 7.44. The third-order valence-electron chi connectivity index (χ3n) is 3.30. The number of carboxylic acid groups (broad SMARTS) is 1. The fourth-order valence-electron chi connectivity index (χ4n) is 2.13. The fourth-order valence-corrected chi connectivity index (χ4v) is 2.13. The Morgan fingerprint density at radius 2 is 1.88 bits per heavy atom. The average Bonchev–Trinajstić information content (AvgIpc) is 3.00. The van der Waals surface area contributed by atoms with Crippen molar-refractivity contribution < 1.29 is 19.5 Å². The smallest absolute Gasteiger partial charge is 0.303 e. The Morgan fingerprint density at radius 3 is 2.50 bits per heavy atom. The van der Waals surface area contributed by atoms with Gasteiger partial charge in [0.15, 0.2) is 5.69 Å². The number of primary amides is 1. The van der Waals surface area contributed by atoms with E-state index in [2.05, 4.69) is 10.4 Å². The van der Waals surface area contributed by atoms with Gasteiger partial charge < -0.3 is 16.2 Å². The molecular formula is C16H18N4O4. The summed E-state index contributed by atoms with van der Waals surface area (Å²) >= 11 is 0. The number of nitrogens with zero attached hydrogens (tertiary/aromatic N) is 2. The molecule has 0 saturated heterocycles. The summed E-state index contributed by atoms with van der Waals surface area (Å²) in [5, 5.41) is 15.3. The van der Waals surface area contributed by atoms with Crippen LogP contribution in [0.1, 0.15) is 40.2 Å². The molecule has 0 atom stereocenters. The van der Waals surface area contributed by atoms with Crippen molar-refractivity contribution in [2.45, 2.75) is 19.3 Å². The van der Waals surface area contributed by atoms with E-state index in [1.165, 1.54) is 10.7 Å². The molecule has 0 spiro atoms. The van der Waals surface area contributed by atoms with Crippen LogP contribution in [0, 0.1) is 0 Å². The van der Waals surface area contributed by atoms with Crippen molar-refractivity contribution in [3.8, 4) is 5.69 Å². The van der Waals surface area contributed by atoms with Gasteiger partial charge in [-0.1, -0.05) is 18.2 Å². The first-order valence-corrected chi connectivity index (χ1v) is 7.44. The number of para-hydroxylation sites is 1. The number of nitrogens with one attached hydrogen (secondary N) is 1. The van der Waals surface area contributed by atoms with Crippen LogP contribution >= 0.6 is 0 Å². The highest BCUT2D eigenvalue weighted by atomic mass is 16.4. The summed E-state index contributed by atoms with van der Waals surface area (Å²) in [5.41, 5.74) is 6.15. The van der Waals surface area contributed by atoms with E-state index < -0.39 is 17.8 Å². The van der Waals surface area contributed by atoms with E-state index in [9.17, 15) is 14.4 Å². The number of carbonyl (C=O) groups excluding carboxylic acids is 2. The normalized spacial score (nSPS) is 10.3. The Hall–Kier alpha value is -3.16. The molecule has 0 radical (unpaired) electrons. The molecule has 126 valence electrons. The van der Waals surface area contributed by atoms with Crippen LogP contribution in [0.2, 0.25) is 0 Å². The molecule has 8 heteroatoms. The number of carbonyl (C=O) groups is 3. The molecule has 2 amide bonds. The second-order valence-electron chi connectivity index (χ2n) is 5.13. The molecule has 4 N–H and O–H groups in total. The molecule has 2 rings (SSSR count). The second-order valence-corrected chi connectivity index (χ2v) is 5.13. The second kappa shape index (κ2) is 7.91. The molecule has 0 aliphatic heterocycles. The summed E-state index contributed by atoms with van der Waals surface area (Å²) < 4.78 is 1.32. The zero-order valence-corrected chi connectivity index (χ0v) is 12.9. The van der Waals surface area contributed by atoms with Crippen LogP contribution in [0.4, 0.5) is 0 Å². The lowest BCUT2D eigenvalue weighted by atomic mass is 10.2. The minimum Gasteiger partial charge on any atom is -0.481 e. The average molecular weight is 330 g/mol. The summed E-state index contributed by atoms with van der Waals surface area (Å²) in [4.78, 5) is 34.1. The Kier molecular flexibility index (Phi) is 5.67. The van der Waals surface area contributed by atoms with Crippen LogP contribution in [-0.2, 0) is 4.79 Å². The Labute approximate surface area is 138 Å². The summed E-state index contributed by atoms with van der Waals surface area (Å²) in [6.45, 7) is 0.330. The fraction of sp³-hybridized carbons (Fsp3) is 0.250. The van der Waals surface area contributed by atoms with Crippen molar-refractivity contribution in [1.29, 1.82) is 0 Å². The standard InChI is InChI=1S/C16H18N4O4/c17-15(23)13-10-12(16(24)18-9-5-4-8-14(21)22)19-20(13)11-6-2-1-3-7-11/h1-3,6-7,10H,4-5,8-9H2,(H2,17,23)(H,18,24)(H,21,22). The maximum atomic E-state index is 12.1. The number of aromatic nitrogens is 2. The number of carboxylic acids is 1. The van der Waals surface area contributed by atoms with Gasteiger partial charge in [0.05, 0.1) is 5.69 Å². The molecule has 0 aliphatic carbocycles. The van der Waals surface area contributed by atoms with Crippen LogP contribution in [0.3, 0.4) is 0 Å². The van der Waals surface area contributed by atoms with Gasteiger partial charge in [-0.3, -0.25) is 14.4 Å². The lowest BCUT2D eigenvalue weighted by molar-refractivity contribution is -0.137. The summed E-state index contributed by atoms with van der Waals surface area (Å²) in [6.07, 6.45) is 1.07. The highest BCUT2D eigenvalue weighted by molar-refractivity contribution is 5.97. The van der Waals surface area contributed by atoms with Crippen LogP contribution < -0.4 is 11.1 Å². The maximum absolute atomic E-state index is 12.1. The van der Waals surface area contributed by atoms with E-state index >= 15 is 0 Å². The predicted octanol–water partition coefficient (Wildman–Crippen LogP) is 0.956. The number of hydrogen-bond acceptors (Lipinski definition) is 4. The maximum Gasteiger partial charge on any atom is 0.303 e. The van der Waals surface area contributed by atoms with Crippen LogP contribution in [-0.4, -0.2) is 39.2 Å². The van der Waals surface area contributed by atoms with E-state index in [1.807, 2.05) is 6.07 Å². The van der Waals surface area contributed by atoms with Crippen molar-refractivity contribution in [1.82, 2.24) is 15.1 Å². The summed E-state index contributed by atoms with van der Waals surface area (Å²) in [6, 6.07) is 10.2. The minimum absolute atomic E-state index is 0.0598. The van der Waals surface area contributed by atoms with Gasteiger partial charge in [0, 0.05) is 19.0 Å². The highest BCUT2D eigenvalue weighted by Crippen LogP contribution is 2.12. The SMILES string of the molecule is NC(=O)c1cc(C(=O)NCCCCC(=O)O)nn1-c1ccccc1. The summed E-state index contributed by atoms with van der Waals surface area (Å²) in [5.74, 6) is -2.00. The predicted molar refractivity (Wildman–Crippen MR) is 85.9 cm³/mol. The molecule has 0 saturated carbocycles. The monoisotopic (exact) mass is 330 g/mol. The van der Waals surface area contributed by atoms with Gasteiger partial charge in [-0.2, -0.15) is 5.10 Å². The highest BCUT2D eigenvalue weighted by Gasteiger charge is 2.18. The van der Waals surface area contributed by atoms with E-state index in [-0.39, 0.29) is 17.8 Å². The third-order valence-corrected chi connectivity index (χ3v) is 3.30. The van der Waals surface area contributed by atoms with Gasteiger partial charge in [0.2, 0.25) is 0 Å². The lowest BCUT2D eigenvalue weighted by Gasteiger charge is -2.04. The topological polar surface area (TPSA) is 127 Å². The minimum atomic E-state index is -0.867. The number of unbranched alkanes of at least 4 members (excludes halogenated alkanes) is 1. The molecule has 2 aromatic rings. The van der Waals surface area contributed by atoms with E-state index in [0.717, 1.165) is 0 Å². The number of nitrogens with two attached hydrogens (primary N) is 1. The number of hydrogen-bond donors (Lipinski definition) is 3. The molecule has 1 aromatic carbocycles. The zero-order chi connectivity index (χ0) is 17.5. The van der Waals surface area contributed by atoms with Crippen molar-refractivity contribution in [3.05, 3.63) is 47.8 Å². The third kappa shape index (κ3) is 4.42. The van der Waals surface area contributed by atoms with Gasteiger partial charge in [-0.25, -0.2) is 4.68 Å². The molecule has 1 heterocycles. The van der Waals surface area contributed by atoms with Gasteiger partial charge >= 0.3 is 5.97 Å². The van der Waals surface area contributed by atoms with Crippen molar-refractivity contribution in [3.63, 3.8) is 0 Å². The first kappa shape index (κ1) is 17.2. The molecule has 0 bridgehead atoms. The van der Waals surface area contributed by atoms with Crippen LogP contribution in [0.5, 0.6) is 0 Å². The number of amides is 2. The molecule has 0 fully saturated rings. The first-order chi connectivity index (χ1) is 11.5. The number of aliphatic carboxylic acids is 1. The van der Waals surface area contributed by atoms with Gasteiger partial charge in [-0.15, -0.1) is 0 Å². The molecule has 1 aromatic heterocycles. The Balaban J connectivity index is 2.07. The molecule has 0 unspecified atom stereocenters. The molecule has 24 heavy (non-hydrogen) atoms. The van der Waals surface area contributed by atoms with E-state index in [1.54, 1.807) is 24.3 Å². The van der Waals surface area contributed by atoms with E-state index in [4.69, 9.17) is 10.8 Å². The zero-order valence-electron chi connectivity index (χ0n) is 12.9. The summed E-state index contributed by atoms with van der Waals surface area (Å²) in [7, 11) is 0. The van der Waals surface area contributed by atoms with Crippen molar-refractivity contribution >= 4 is 17.8 Å². The number of benzene rings is 1. The van der Waals surface area contributed by atoms with Gasteiger partial charge in [-0.05, 0) is 25.0 Å². The Morgan fingerprint density at radius 1 is 1.17 bits per heavy atom. The van der Waals surface area contributed by atoms with Crippen LogP contribution in [0.25, 0.3) is 5.69 Å². The Bertz CT molecular complexity index is 740. The number of rotatable bonds is 8.